The normalized spacial score (nSPS) is 18.0. The van der Waals surface area contributed by atoms with Crippen LogP contribution < -0.4 is 5.32 Å². The Labute approximate surface area is 122 Å². The van der Waals surface area contributed by atoms with Crippen molar-refractivity contribution in [1.82, 2.24) is 5.32 Å². The molecular weight excluding hydrogens is 306 g/mol. The molecule has 1 fully saturated rings. The van der Waals surface area contributed by atoms with E-state index in [1.165, 1.54) is 6.42 Å². The molecule has 0 heterocycles. The van der Waals surface area contributed by atoms with Gasteiger partial charge in [0.15, 0.2) is 0 Å². The van der Waals surface area contributed by atoms with Crippen molar-refractivity contribution in [1.29, 1.82) is 0 Å². The number of amides is 1. The molecule has 3 nitrogen and oxygen atoms in total. The van der Waals surface area contributed by atoms with Crippen molar-refractivity contribution in [2.45, 2.75) is 50.7 Å². The van der Waals surface area contributed by atoms with Crippen molar-refractivity contribution < 1.29 is 9.90 Å². The van der Waals surface area contributed by atoms with Gasteiger partial charge >= 0.3 is 0 Å². The molecule has 1 aliphatic carbocycles. The molecule has 0 spiro atoms. The van der Waals surface area contributed by atoms with Crippen LogP contribution in [0, 0.1) is 0 Å². The van der Waals surface area contributed by atoms with Crippen molar-refractivity contribution in [3.8, 4) is 0 Å². The summed E-state index contributed by atoms with van der Waals surface area (Å²) in [5.41, 5.74) is 0.276. The fourth-order valence-electron chi connectivity index (χ4n) is 2.60. The van der Waals surface area contributed by atoms with E-state index in [9.17, 15) is 9.90 Å². The summed E-state index contributed by atoms with van der Waals surface area (Å²) >= 11 is 3.40. The molecule has 104 valence electrons. The average molecular weight is 326 g/mol. The Bertz CT molecular complexity index is 442. The van der Waals surface area contributed by atoms with Crippen LogP contribution in [0.5, 0.6) is 0 Å². The van der Waals surface area contributed by atoms with Crippen molar-refractivity contribution in [2.75, 3.05) is 0 Å². The van der Waals surface area contributed by atoms with Gasteiger partial charge in [0.2, 0.25) is 5.91 Å². The molecule has 19 heavy (non-hydrogen) atoms. The standard InChI is InChI=1S/C15H20BrNO2/c16-13-6-4-5-12(9-13)11-17-14(18)10-15(19)7-2-1-3-8-15/h4-6,9,19H,1-3,7-8,10-11H2,(H,17,18). The largest absolute Gasteiger partial charge is 0.389 e. The molecule has 4 heteroatoms. The first-order valence-corrected chi connectivity index (χ1v) is 7.60. The summed E-state index contributed by atoms with van der Waals surface area (Å²) in [5.74, 6) is -0.0654. The van der Waals surface area contributed by atoms with Gasteiger partial charge in [-0.2, -0.15) is 0 Å². The molecule has 1 amide bonds. The topological polar surface area (TPSA) is 49.3 Å². The monoisotopic (exact) mass is 325 g/mol. The zero-order valence-electron chi connectivity index (χ0n) is 11.0. The maximum Gasteiger partial charge on any atom is 0.223 e. The van der Waals surface area contributed by atoms with Crippen LogP contribution >= 0.6 is 15.9 Å². The van der Waals surface area contributed by atoms with Crippen LogP contribution in [0.4, 0.5) is 0 Å². The van der Waals surface area contributed by atoms with E-state index in [4.69, 9.17) is 0 Å². The Balaban J connectivity index is 1.81. The van der Waals surface area contributed by atoms with E-state index in [-0.39, 0.29) is 12.3 Å². The van der Waals surface area contributed by atoms with E-state index < -0.39 is 5.60 Å². The molecule has 2 rings (SSSR count). The highest BCUT2D eigenvalue weighted by molar-refractivity contribution is 9.10. The predicted molar refractivity (Wildman–Crippen MR) is 78.6 cm³/mol. The van der Waals surface area contributed by atoms with E-state index in [0.717, 1.165) is 35.7 Å². The minimum Gasteiger partial charge on any atom is -0.389 e. The Morgan fingerprint density at radius 1 is 1.32 bits per heavy atom. The van der Waals surface area contributed by atoms with Crippen LogP contribution in [-0.2, 0) is 11.3 Å². The van der Waals surface area contributed by atoms with Gasteiger partial charge in [-0.1, -0.05) is 47.3 Å². The Kier molecular flexibility index (Phi) is 4.99. The van der Waals surface area contributed by atoms with Gasteiger partial charge in [0, 0.05) is 11.0 Å². The van der Waals surface area contributed by atoms with Gasteiger partial charge in [-0.15, -0.1) is 0 Å². The third-order valence-electron chi connectivity index (χ3n) is 3.65. The number of aliphatic hydroxyl groups is 1. The van der Waals surface area contributed by atoms with Gasteiger partial charge in [0.1, 0.15) is 0 Å². The summed E-state index contributed by atoms with van der Waals surface area (Å²) in [4.78, 5) is 11.9. The summed E-state index contributed by atoms with van der Waals surface area (Å²) in [6, 6.07) is 7.85. The lowest BCUT2D eigenvalue weighted by Crippen LogP contribution is -2.38. The number of halogens is 1. The number of hydrogen-bond donors (Lipinski definition) is 2. The predicted octanol–water partition coefficient (Wildman–Crippen LogP) is 3.15. The summed E-state index contributed by atoms with van der Waals surface area (Å²) in [6.45, 7) is 0.508. The second-order valence-electron chi connectivity index (χ2n) is 5.37. The quantitative estimate of drug-likeness (QED) is 0.893. The Morgan fingerprint density at radius 2 is 2.05 bits per heavy atom. The summed E-state index contributed by atoms with van der Waals surface area (Å²) in [6.07, 6.45) is 4.93. The van der Waals surface area contributed by atoms with E-state index in [0.29, 0.717) is 6.54 Å². The first-order chi connectivity index (χ1) is 9.07. The number of carbonyl (C=O) groups is 1. The minimum absolute atomic E-state index is 0.0654. The molecule has 1 aromatic carbocycles. The minimum atomic E-state index is -0.778. The maximum absolute atomic E-state index is 11.9. The Hall–Kier alpha value is -0.870. The van der Waals surface area contributed by atoms with Crippen LogP contribution in [0.3, 0.4) is 0 Å². The molecule has 0 aromatic heterocycles. The summed E-state index contributed by atoms with van der Waals surface area (Å²) < 4.78 is 1.00. The second kappa shape index (κ2) is 6.53. The van der Waals surface area contributed by atoms with Gasteiger partial charge < -0.3 is 10.4 Å². The number of carbonyl (C=O) groups excluding carboxylic acids is 1. The molecule has 0 atom stereocenters. The smallest absolute Gasteiger partial charge is 0.223 e. The van der Waals surface area contributed by atoms with Gasteiger partial charge in [-0.25, -0.2) is 0 Å². The maximum atomic E-state index is 11.9. The summed E-state index contributed by atoms with van der Waals surface area (Å²) in [7, 11) is 0. The van der Waals surface area contributed by atoms with Crippen molar-refractivity contribution >= 4 is 21.8 Å². The van der Waals surface area contributed by atoms with Crippen LogP contribution in [0.1, 0.15) is 44.1 Å². The third kappa shape index (κ3) is 4.62. The van der Waals surface area contributed by atoms with Crippen molar-refractivity contribution in [2.24, 2.45) is 0 Å². The number of rotatable bonds is 4. The molecule has 1 aromatic rings. The van der Waals surface area contributed by atoms with Crippen LogP contribution in [0.15, 0.2) is 28.7 Å². The lowest BCUT2D eigenvalue weighted by Gasteiger charge is -2.31. The highest BCUT2D eigenvalue weighted by Crippen LogP contribution is 2.30. The molecular formula is C15H20BrNO2. The van der Waals surface area contributed by atoms with Gasteiger partial charge in [-0.3, -0.25) is 4.79 Å². The molecule has 1 aliphatic rings. The molecule has 0 saturated heterocycles. The highest BCUT2D eigenvalue weighted by atomic mass is 79.9. The fraction of sp³-hybridized carbons (Fsp3) is 0.533. The zero-order valence-corrected chi connectivity index (χ0v) is 12.6. The molecule has 0 unspecified atom stereocenters. The number of hydrogen-bond acceptors (Lipinski definition) is 2. The van der Waals surface area contributed by atoms with E-state index in [1.54, 1.807) is 0 Å². The van der Waals surface area contributed by atoms with Gasteiger partial charge in [0.05, 0.1) is 12.0 Å². The van der Waals surface area contributed by atoms with Gasteiger partial charge in [0.25, 0.3) is 0 Å². The SMILES string of the molecule is O=C(CC1(O)CCCCC1)NCc1cccc(Br)c1. The highest BCUT2D eigenvalue weighted by Gasteiger charge is 2.31. The third-order valence-corrected chi connectivity index (χ3v) is 4.15. The van der Waals surface area contributed by atoms with E-state index in [1.807, 2.05) is 24.3 Å². The van der Waals surface area contributed by atoms with Crippen molar-refractivity contribution in [3.05, 3.63) is 34.3 Å². The lowest BCUT2D eigenvalue weighted by molar-refractivity contribution is -0.127. The van der Waals surface area contributed by atoms with Crippen molar-refractivity contribution in [3.63, 3.8) is 0 Å². The van der Waals surface area contributed by atoms with Crippen LogP contribution in [-0.4, -0.2) is 16.6 Å². The Morgan fingerprint density at radius 3 is 2.74 bits per heavy atom. The van der Waals surface area contributed by atoms with E-state index >= 15 is 0 Å². The van der Waals surface area contributed by atoms with E-state index in [2.05, 4.69) is 21.2 Å². The lowest BCUT2D eigenvalue weighted by atomic mass is 9.82. The van der Waals surface area contributed by atoms with Crippen LogP contribution in [0.2, 0.25) is 0 Å². The molecule has 0 bridgehead atoms. The molecule has 1 saturated carbocycles. The molecule has 2 N–H and O–H groups in total. The fourth-order valence-corrected chi connectivity index (χ4v) is 3.04. The first kappa shape index (κ1) is 14.5. The average Bonchev–Trinajstić information content (AvgIpc) is 2.37. The first-order valence-electron chi connectivity index (χ1n) is 6.81. The number of nitrogens with one attached hydrogen (secondary N) is 1. The second-order valence-corrected chi connectivity index (χ2v) is 6.28. The van der Waals surface area contributed by atoms with Crippen LogP contribution in [0.25, 0.3) is 0 Å². The zero-order chi connectivity index (χ0) is 13.7. The van der Waals surface area contributed by atoms with Gasteiger partial charge in [-0.05, 0) is 30.5 Å². The summed E-state index contributed by atoms with van der Waals surface area (Å²) in [5, 5.41) is 13.2. The molecule has 0 radical (unpaired) electrons. The number of benzene rings is 1. The molecule has 0 aliphatic heterocycles.